The molecule has 5 aromatic rings. The average Bonchev–Trinajstić information content (AvgIpc) is 3.18. The van der Waals surface area contributed by atoms with Crippen LogP contribution in [0.4, 0.5) is 5.69 Å². The number of fused-ring (bicyclic) bond motifs is 3. The predicted molar refractivity (Wildman–Crippen MR) is 134 cm³/mol. The fraction of sp³-hybridized carbons (Fsp3) is 0.148. The van der Waals surface area contributed by atoms with Gasteiger partial charge in [0.1, 0.15) is 11.3 Å². The smallest absolute Gasteiger partial charge is 0.296 e. The van der Waals surface area contributed by atoms with Gasteiger partial charge in [0.2, 0.25) is 0 Å². The number of amides is 1. The molecule has 5 rings (SSSR count). The maximum absolute atomic E-state index is 14.0. The van der Waals surface area contributed by atoms with Gasteiger partial charge in [0.05, 0.1) is 12.8 Å². The van der Waals surface area contributed by atoms with Crippen LogP contribution in [0.25, 0.3) is 27.5 Å². The Morgan fingerprint density at radius 3 is 2.32 bits per heavy atom. The molecule has 0 spiro atoms. The van der Waals surface area contributed by atoms with Crippen LogP contribution in [0.1, 0.15) is 17.4 Å². The molecule has 170 valence electrons. The molecule has 0 saturated carbocycles. The van der Waals surface area contributed by atoms with Gasteiger partial charge in [-0.25, -0.2) is 0 Å². The topological polar surface area (TPSA) is 69.4 Å². The third-order valence-electron chi connectivity index (χ3n) is 6.09. The van der Waals surface area contributed by atoms with Crippen molar-refractivity contribution >= 4 is 33.4 Å². The van der Waals surface area contributed by atoms with Crippen molar-refractivity contribution in [1.29, 1.82) is 0 Å². The molecule has 0 aliphatic heterocycles. The van der Waals surface area contributed by atoms with Gasteiger partial charge in [0, 0.05) is 35.6 Å². The minimum atomic E-state index is -0.293. The van der Waals surface area contributed by atoms with Crippen LogP contribution in [0, 0.1) is 0 Å². The second-order valence-corrected chi connectivity index (χ2v) is 7.95. The first-order chi connectivity index (χ1) is 16.5. The molecule has 1 amide bonds. The van der Waals surface area contributed by atoms with Crippen LogP contribution in [0.3, 0.4) is 0 Å². The average molecular weight is 453 g/mol. The van der Waals surface area contributed by atoms with E-state index < -0.39 is 0 Å². The molecule has 7 heteroatoms. The van der Waals surface area contributed by atoms with Gasteiger partial charge in [-0.1, -0.05) is 36.4 Å². The Bertz CT molecular complexity index is 1570. The molecular formula is C27H24N4O3. The highest BCUT2D eigenvalue weighted by molar-refractivity contribution is 6.20. The summed E-state index contributed by atoms with van der Waals surface area (Å²) in [6.45, 7) is 2.38. The summed E-state index contributed by atoms with van der Waals surface area (Å²) in [7, 11) is 3.42. The van der Waals surface area contributed by atoms with Crippen molar-refractivity contribution in [1.82, 2.24) is 14.3 Å². The standard InChI is InChI=1S/C27H24N4O3/c1-4-30(18-10-6-5-7-11-18)26(32)24-23-21-12-8-9-13-22(21)29(2)25(23)27(33)31(28-24)19-14-16-20(34-3)17-15-19/h5-17H,4H2,1-3H3. The van der Waals surface area contributed by atoms with E-state index in [1.54, 1.807) is 36.3 Å². The van der Waals surface area contributed by atoms with Crippen molar-refractivity contribution in [2.24, 2.45) is 7.05 Å². The van der Waals surface area contributed by atoms with Gasteiger partial charge in [-0.2, -0.15) is 9.78 Å². The van der Waals surface area contributed by atoms with E-state index in [2.05, 4.69) is 5.10 Å². The van der Waals surface area contributed by atoms with E-state index in [1.165, 1.54) is 4.68 Å². The number of benzene rings is 3. The highest BCUT2D eigenvalue weighted by Gasteiger charge is 2.26. The van der Waals surface area contributed by atoms with Crippen molar-refractivity contribution in [3.63, 3.8) is 0 Å². The van der Waals surface area contributed by atoms with E-state index in [1.807, 2.05) is 73.1 Å². The Morgan fingerprint density at radius 2 is 1.65 bits per heavy atom. The van der Waals surface area contributed by atoms with Crippen LogP contribution in [0.2, 0.25) is 0 Å². The molecule has 3 aromatic carbocycles. The second-order valence-electron chi connectivity index (χ2n) is 7.95. The summed E-state index contributed by atoms with van der Waals surface area (Å²) in [6, 6.07) is 24.2. The number of methoxy groups -OCH3 is 1. The molecule has 0 saturated heterocycles. The van der Waals surface area contributed by atoms with Crippen LogP contribution in [0.15, 0.2) is 83.7 Å². The maximum atomic E-state index is 14.0. The maximum Gasteiger partial charge on any atom is 0.296 e. The van der Waals surface area contributed by atoms with Crippen molar-refractivity contribution in [2.75, 3.05) is 18.6 Å². The van der Waals surface area contributed by atoms with Crippen molar-refractivity contribution in [3.05, 3.63) is 94.9 Å². The summed E-state index contributed by atoms with van der Waals surface area (Å²) < 4.78 is 8.38. The first-order valence-electron chi connectivity index (χ1n) is 11.1. The van der Waals surface area contributed by atoms with Gasteiger partial charge in [-0.3, -0.25) is 9.59 Å². The van der Waals surface area contributed by atoms with Crippen molar-refractivity contribution in [3.8, 4) is 11.4 Å². The zero-order valence-electron chi connectivity index (χ0n) is 19.2. The number of ether oxygens (including phenoxy) is 1. The van der Waals surface area contributed by atoms with Crippen molar-refractivity contribution < 1.29 is 9.53 Å². The molecule has 0 aliphatic carbocycles. The van der Waals surface area contributed by atoms with Gasteiger partial charge in [-0.15, -0.1) is 0 Å². The lowest BCUT2D eigenvalue weighted by atomic mass is 10.1. The van der Waals surface area contributed by atoms with Crippen LogP contribution >= 0.6 is 0 Å². The Labute approximate surface area is 196 Å². The molecule has 0 atom stereocenters. The van der Waals surface area contributed by atoms with Crippen LogP contribution in [-0.4, -0.2) is 33.9 Å². The number of para-hydroxylation sites is 2. The molecule has 0 fully saturated rings. The van der Waals surface area contributed by atoms with Gasteiger partial charge < -0.3 is 14.2 Å². The van der Waals surface area contributed by atoms with Crippen LogP contribution in [-0.2, 0) is 7.05 Å². The Balaban J connectivity index is 1.83. The quantitative estimate of drug-likeness (QED) is 0.392. The van der Waals surface area contributed by atoms with E-state index in [9.17, 15) is 9.59 Å². The van der Waals surface area contributed by atoms with Crippen LogP contribution in [0.5, 0.6) is 5.75 Å². The monoisotopic (exact) mass is 452 g/mol. The number of hydrogen-bond acceptors (Lipinski definition) is 4. The molecule has 0 N–H and O–H groups in total. The van der Waals surface area contributed by atoms with Gasteiger partial charge in [-0.05, 0) is 49.4 Å². The predicted octanol–water partition coefficient (Wildman–Crippen LogP) is 4.55. The van der Waals surface area contributed by atoms with Gasteiger partial charge in [0.25, 0.3) is 11.5 Å². The summed E-state index contributed by atoms with van der Waals surface area (Å²) in [6.07, 6.45) is 0. The summed E-state index contributed by atoms with van der Waals surface area (Å²) in [5.41, 5.74) is 2.55. The molecule has 0 unspecified atom stereocenters. The van der Waals surface area contributed by atoms with E-state index in [0.717, 1.165) is 16.6 Å². The lowest BCUT2D eigenvalue weighted by molar-refractivity contribution is 0.0983. The zero-order chi connectivity index (χ0) is 23.8. The molecule has 0 bridgehead atoms. The van der Waals surface area contributed by atoms with E-state index in [0.29, 0.717) is 28.9 Å². The fourth-order valence-electron chi connectivity index (χ4n) is 4.41. The number of carbonyl (C=O) groups is 1. The normalized spacial score (nSPS) is 11.1. The fourth-order valence-corrected chi connectivity index (χ4v) is 4.41. The molecule has 0 radical (unpaired) electrons. The van der Waals surface area contributed by atoms with Gasteiger partial charge in [0.15, 0.2) is 5.69 Å². The number of carbonyl (C=O) groups excluding carboxylic acids is 1. The number of aryl methyl sites for hydroxylation is 1. The lowest BCUT2D eigenvalue weighted by Crippen LogP contribution is -2.34. The van der Waals surface area contributed by atoms with Gasteiger partial charge >= 0.3 is 0 Å². The number of rotatable bonds is 5. The summed E-state index contributed by atoms with van der Waals surface area (Å²) in [5, 5.41) is 6.02. The number of aromatic nitrogens is 3. The third kappa shape index (κ3) is 3.33. The largest absolute Gasteiger partial charge is 0.497 e. The Kier molecular flexibility index (Phi) is 5.37. The molecular weight excluding hydrogens is 428 g/mol. The molecule has 7 nitrogen and oxygen atoms in total. The summed E-state index contributed by atoms with van der Waals surface area (Å²) in [4.78, 5) is 29.3. The van der Waals surface area contributed by atoms with Crippen LogP contribution < -0.4 is 15.2 Å². The summed E-state index contributed by atoms with van der Waals surface area (Å²) >= 11 is 0. The third-order valence-corrected chi connectivity index (χ3v) is 6.09. The highest BCUT2D eigenvalue weighted by Crippen LogP contribution is 2.30. The molecule has 0 aliphatic rings. The highest BCUT2D eigenvalue weighted by atomic mass is 16.5. The minimum absolute atomic E-state index is 0.230. The summed E-state index contributed by atoms with van der Waals surface area (Å²) in [5.74, 6) is 0.400. The SMILES string of the molecule is CCN(C(=O)c1nn(-c2ccc(OC)cc2)c(=O)c2c1c1ccccc1n2C)c1ccccc1. The number of hydrogen-bond donors (Lipinski definition) is 0. The second kappa shape index (κ2) is 8.51. The first-order valence-corrected chi connectivity index (χ1v) is 11.1. The minimum Gasteiger partial charge on any atom is -0.497 e. The van der Waals surface area contributed by atoms with E-state index in [4.69, 9.17) is 4.74 Å². The first kappa shape index (κ1) is 21.5. The van der Waals surface area contributed by atoms with E-state index in [-0.39, 0.29) is 17.2 Å². The Morgan fingerprint density at radius 1 is 0.971 bits per heavy atom. The number of nitrogens with zero attached hydrogens (tertiary/aromatic N) is 4. The molecule has 2 aromatic heterocycles. The van der Waals surface area contributed by atoms with E-state index >= 15 is 0 Å². The lowest BCUT2D eigenvalue weighted by Gasteiger charge is -2.21. The number of anilines is 1. The molecule has 34 heavy (non-hydrogen) atoms. The zero-order valence-corrected chi connectivity index (χ0v) is 19.2. The Hall–Kier alpha value is -4.39. The molecule has 2 heterocycles. The van der Waals surface area contributed by atoms with Crippen molar-refractivity contribution in [2.45, 2.75) is 6.92 Å².